The van der Waals surface area contributed by atoms with Crippen LogP contribution in [0.4, 0.5) is 4.79 Å². The van der Waals surface area contributed by atoms with Crippen LogP contribution in [0, 0.1) is 6.92 Å². The van der Waals surface area contributed by atoms with Crippen molar-refractivity contribution in [3.05, 3.63) is 39.7 Å². The topological polar surface area (TPSA) is 78.7 Å². The summed E-state index contributed by atoms with van der Waals surface area (Å²) in [5.41, 5.74) is 1.54. The third-order valence-corrected chi connectivity index (χ3v) is 5.78. The molecular formula is C18H24N4O3S. The Morgan fingerprint density at radius 2 is 2.04 bits per heavy atom. The molecule has 8 heteroatoms. The van der Waals surface area contributed by atoms with E-state index in [0.717, 1.165) is 28.4 Å². The molecule has 1 fully saturated rings. The van der Waals surface area contributed by atoms with Gasteiger partial charge in [-0.3, -0.25) is 4.79 Å². The number of urea groups is 1. The van der Waals surface area contributed by atoms with Crippen molar-refractivity contribution < 1.29 is 14.0 Å². The first-order valence-electron chi connectivity index (χ1n) is 8.88. The summed E-state index contributed by atoms with van der Waals surface area (Å²) in [5, 5.41) is 4.08. The number of nitrogens with one attached hydrogen (secondary N) is 1. The molecule has 0 radical (unpaired) electrons. The van der Waals surface area contributed by atoms with E-state index in [4.69, 9.17) is 4.42 Å². The molecule has 0 unspecified atom stereocenters. The zero-order valence-corrected chi connectivity index (χ0v) is 16.0. The van der Waals surface area contributed by atoms with Gasteiger partial charge in [0.1, 0.15) is 6.26 Å². The molecule has 7 nitrogen and oxygen atoms in total. The lowest BCUT2D eigenvalue weighted by atomic mass is 10.3. The van der Waals surface area contributed by atoms with Crippen molar-refractivity contribution >= 4 is 23.3 Å². The van der Waals surface area contributed by atoms with Gasteiger partial charge in [0.2, 0.25) is 0 Å². The number of aromatic nitrogens is 1. The van der Waals surface area contributed by atoms with Crippen LogP contribution in [0.2, 0.25) is 0 Å². The SMILES string of the molecule is CCc1nc(C)c(CNC(=O)N2CCCN(C(=O)c3ccoc3)CC2)s1. The quantitative estimate of drug-likeness (QED) is 0.890. The van der Waals surface area contributed by atoms with E-state index in [9.17, 15) is 9.59 Å². The fourth-order valence-corrected chi connectivity index (χ4v) is 3.91. The van der Waals surface area contributed by atoms with Gasteiger partial charge >= 0.3 is 6.03 Å². The van der Waals surface area contributed by atoms with Crippen molar-refractivity contribution in [2.24, 2.45) is 0 Å². The summed E-state index contributed by atoms with van der Waals surface area (Å²) in [7, 11) is 0. The normalized spacial score (nSPS) is 15.0. The van der Waals surface area contributed by atoms with Gasteiger partial charge in [0.15, 0.2) is 0 Å². The lowest BCUT2D eigenvalue weighted by Gasteiger charge is -2.22. The van der Waals surface area contributed by atoms with E-state index in [1.165, 1.54) is 12.5 Å². The Labute approximate surface area is 157 Å². The van der Waals surface area contributed by atoms with Crippen molar-refractivity contribution in [3.63, 3.8) is 0 Å². The molecule has 1 aliphatic rings. The van der Waals surface area contributed by atoms with Crippen molar-refractivity contribution in [1.82, 2.24) is 20.1 Å². The maximum Gasteiger partial charge on any atom is 0.317 e. The summed E-state index contributed by atoms with van der Waals surface area (Å²) >= 11 is 1.65. The third-order valence-electron chi connectivity index (χ3n) is 4.48. The van der Waals surface area contributed by atoms with Gasteiger partial charge in [0.05, 0.1) is 29.1 Å². The number of hydrogen-bond donors (Lipinski definition) is 1. The molecule has 1 N–H and O–H groups in total. The van der Waals surface area contributed by atoms with Gasteiger partial charge in [-0.15, -0.1) is 11.3 Å². The molecular weight excluding hydrogens is 352 g/mol. The Kier molecular flexibility index (Phi) is 5.92. The maximum absolute atomic E-state index is 12.5. The Morgan fingerprint density at radius 1 is 1.27 bits per heavy atom. The molecule has 0 saturated carbocycles. The first-order chi connectivity index (χ1) is 12.6. The highest BCUT2D eigenvalue weighted by atomic mass is 32.1. The molecule has 3 rings (SSSR count). The van der Waals surface area contributed by atoms with Gasteiger partial charge in [-0.2, -0.15) is 0 Å². The number of carbonyl (C=O) groups is 2. The first kappa shape index (κ1) is 18.4. The number of rotatable bonds is 4. The molecule has 3 amide bonds. The highest BCUT2D eigenvalue weighted by Gasteiger charge is 2.23. The van der Waals surface area contributed by atoms with Crippen LogP contribution in [0.15, 0.2) is 23.0 Å². The van der Waals surface area contributed by atoms with E-state index in [-0.39, 0.29) is 11.9 Å². The van der Waals surface area contributed by atoms with E-state index in [2.05, 4.69) is 17.2 Å². The van der Waals surface area contributed by atoms with Crippen LogP contribution in [0.25, 0.3) is 0 Å². The molecule has 0 spiro atoms. The molecule has 26 heavy (non-hydrogen) atoms. The predicted octanol–water partition coefficient (Wildman–Crippen LogP) is 2.66. The fourth-order valence-electron chi connectivity index (χ4n) is 2.96. The number of amides is 3. The standard InChI is InChI=1S/C18H24N4O3S/c1-3-16-20-13(2)15(26-16)11-19-18(24)22-7-4-6-21(8-9-22)17(23)14-5-10-25-12-14/h5,10,12H,3-4,6-9,11H2,1-2H3,(H,19,24). The van der Waals surface area contributed by atoms with Crippen LogP contribution in [0.1, 0.15) is 39.3 Å². The third kappa shape index (κ3) is 4.24. The van der Waals surface area contributed by atoms with Crippen LogP contribution in [-0.2, 0) is 13.0 Å². The van der Waals surface area contributed by atoms with E-state index in [0.29, 0.717) is 38.3 Å². The monoisotopic (exact) mass is 376 g/mol. The highest BCUT2D eigenvalue weighted by Crippen LogP contribution is 2.18. The van der Waals surface area contributed by atoms with Gasteiger partial charge in [0.25, 0.3) is 5.91 Å². The first-order valence-corrected chi connectivity index (χ1v) is 9.69. The fraction of sp³-hybridized carbons (Fsp3) is 0.500. The molecule has 0 atom stereocenters. The van der Waals surface area contributed by atoms with Crippen molar-refractivity contribution in [2.45, 2.75) is 33.2 Å². The molecule has 1 aliphatic heterocycles. The average Bonchev–Trinajstić information content (AvgIpc) is 3.23. The van der Waals surface area contributed by atoms with Gasteiger partial charge in [-0.05, 0) is 25.8 Å². The van der Waals surface area contributed by atoms with Crippen molar-refractivity contribution in [2.75, 3.05) is 26.2 Å². The van der Waals surface area contributed by atoms with Crippen LogP contribution >= 0.6 is 11.3 Å². The molecule has 2 aromatic rings. The lowest BCUT2D eigenvalue weighted by Crippen LogP contribution is -2.42. The zero-order chi connectivity index (χ0) is 18.5. The number of thiazole rings is 1. The Balaban J connectivity index is 1.52. The summed E-state index contributed by atoms with van der Waals surface area (Å²) in [5.74, 6) is -0.0478. The molecule has 0 aliphatic carbocycles. The number of hydrogen-bond acceptors (Lipinski definition) is 5. The number of furan rings is 1. The van der Waals surface area contributed by atoms with Gasteiger partial charge < -0.3 is 19.5 Å². The molecule has 1 saturated heterocycles. The minimum Gasteiger partial charge on any atom is -0.472 e. The van der Waals surface area contributed by atoms with Crippen LogP contribution in [0.5, 0.6) is 0 Å². The molecule has 0 aromatic carbocycles. The van der Waals surface area contributed by atoms with Gasteiger partial charge in [-0.25, -0.2) is 9.78 Å². The maximum atomic E-state index is 12.5. The molecule has 140 valence electrons. The largest absolute Gasteiger partial charge is 0.472 e. The number of nitrogens with zero attached hydrogens (tertiary/aromatic N) is 3. The van der Waals surface area contributed by atoms with Crippen LogP contribution in [-0.4, -0.2) is 52.9 Å². The minimum atomic E-state index is -0.0894. The second-order valence-electron chi connectivity index (χ2n) is 6.27. The number of aryl methyl sites for hydroxylation is 2. The van der Waals surface area contributed by atoms with Crippen LogP contribution in [0.3, 0.4) is 0 Å². The Hall–Kier alpha value is -2.35. The smallest absolute Gasteiger partial charge is 0.317 e. The summed E-state index contributed by atoms with van der Waals surface area (Å²) in [4.78, 5) is 34.1. The highest BCUT2D eigenvalue weighted by molar-refractivity contribution is 7.11. The second kappa shape index (κ2) is 8.35. The van der Waals surface area contributed by atoms with E-state index >= 15 is 0 Å². The van der Waals surface area contributed by atoms with Gasteiger partial charge in [-0.1, -0.05) is 6.92 Å². The summed E-state index contributed by atoms with van der Waals surface area (Å²) in [6.07, 6.45) is 4.62. The Bertz CT molecular complexity index is 757. The van der Waals surface area contributed by atoms with Crippen molar-refractivity contribution in [3.8, 4) is 0 Å². The van der Waals surface area contributed by atoms with E-state index in [1.54, 1.807) is 27.2 Å². The number of carbonyl (C=O) groups excluding carboxylic acids is 2. The van der Waals surface area contributed by atoms with Crippen molar-refractivity contribution in [1.29, 1.82) is 0 Å². The summed E-state index contributed by atoms with van der Waals surface area (Å²) in [6, 6.07) is 1.58. The molecule has 0 bridgehead atoms. The zero-order valence-electron chi connectivity index (χ0n) is 15.2. The average molecular weight is 376 g/mol. The molecule has 2 aromatic heterocycles. The predicted molar refractivity (Wildman–Crippen MR) is 99.3 cm³/mol. The van der Waals surface area contributed by atoms with E-state index < -0.39 is 0 Å². The Morgan fingerprint density at radius 3 is 2.73 bits per heavy atom. The minimum absolute atomic E-state index is 0.0478. The summed E-state index contributed by atoms with van der Waals surface area (Å²) < 4.78 is 4.98. The second-order valence-corrected chi connectivity index (χ2v) is 7.44. The van der Waals surface area contributed by atoms with E-state index in [1.807, 2.05) is 6.92 Å². The molecule has 3 heterocycles. The van der Waals surface area contributed by atoms with Crippen LogP contribution < -0.4 is 5.32 Å². The lowest BCUT2D eigenvalue weighted by molar-refractivity contribution is 0.0761. The van der Waals surface area contributed by atoms with Gasteiger partial charge in [0, 0.05) is 31.1 Å². The summed E-state index contributed by atoms with van der Waals surface area (Å²) in [6.45, 7) is 6.88.